The van der Waals surface area contributed by atoms with Crippen LogP contribution >= 0.6 is 11.6 Å². The van der Waals surface area contributed by atoms with Crippen molar-refractivity contribution in [3.8, 4) is 0 Å². The van der Waals surface area contributed by atoms with E-state index in [0.29, 0.717) is 18.1 Å². The molecule has 0 bridgehead atoms. The summed E-state index contributed by atoms with van der Waals surface area (Å²) in [5.74, 6) is 0.137. The number of rotatable bonds is 5. The Morgan fingerprint density at radius 3 is 2.42 bits per heavy atom. The highest BCUT2D eigenvalue weighted by molar-refractivity contribution is 6.30. The van der Waals surface area contributed by atoms with Crippen molar-refractivity contribution in [2.24, 2.45) is 0 Å². The number of hydrogen-bond donors (Lipinski definition) is 1. The maximum Gasteiger partial charge on any atom is 0.233 e. The first kappa shape index (κ1) is 14.4. The zero-order chi connectivity index (χ0) is 13.9. The molecule has 1 N–H and O–H groups in total. The minimum absolute atomic E-state index is 0.0102. The molecule has 1 fully saturated rings. The zero-order valence-electron chi connectivity index (χ0n) is 11.2. The molecule has 0 unspecified atom stereocenters. The standard InChI is InChI=1S/C15H20ClNO2/c1-2-17(10-11-18)14(19)15(8-3-9-15)12-4-6-13(16)7-5-12/h4-7,18H,2-3,8-11H2,1H3. The Morgan fingerprint density at radius 2 is 2.00 bits per heavy atom. The van der Waals surface area contributed by atoms with E-state index >= 15 is 0 Å². The van der Waals surface area contributed by atoms with Gasteiger partial charge in [0, 0.05) is 18.1 Å². The molecule has 0 aliphatic heterocycles. The van der Waals surface area contributed by atoms with Gasteiger partial charge in [0.05, 0.1) is 12.0 Å². The van der Waals surface area contributed by atoms with E-state index in [-0.39, 0.29) is 12.5 Å². The van der Waals surface area contributed by atoms with Crippen molar-refractivity contribution in [2.45, 2.75) is 31.6 Å². The molecule has 1 aliphatic carbocycles. The first-order chi connectivity index (χ1) is 9.14. The van der Waals surface area contributed by atoms with E-state index in [2.05, 4.69) is 0 Å². The largest absolute Gasteiger partial charge is 0.395 e. The Labute approximate surface area is 119 Å². The number of aliphatic hydroxyl groups is 1. The molecule has 1 saturated carbocycles. The van der Waals surface area contributed by atoms with Crippen LogP contribution in [0.3, 0.4) is 0 Å². The molecule has 0 aromatic heterocycles. The van der Waals surface area contributed by atoms with E-state index in [0.717, 1.165) is 24.8 Å². The molecule has 1 aliphatic rings. The average molecular weight is 282 g/mol. The third kappa shape index (κ3) is 2.63. The Kier molecular flexibility index (Phi) is 4.48. The summed E-state index contributed by atoms with van der Waals surface area (Å²) in [6, 6.07) is 7.58. The summed E-state index contributed by atoms with van der Waals surface area (Å²) in [6.07, 6.45) is 2.84. The predicted octanol–water partition coefficient (Wildman–Crippen LogP) is 2.60. The van der Waals surface area contributed by atoms with Crippen LogP contribution in [-0.4, -0.2) is 35.6 Å². The van der Waals surface area contributed by atoms with E-state index < -0.39 is 5.41 Å². The normalized spacial score (nSPS) is 16.8. The first-order valence-electron chi connectivity index (χ1n) is 6.80. The van der Waals surface area contributed by atoms with Crippen molar-refractivity contribution >= 4 is 17.5 Å². The summed E-state index contributed by atoms with van der Waals surface area (Å²) in [4.78, 5) is 14.5. The highest BCUT2D eigenvalue weighted by Crippen LogP contribution is 2.45. The molecule has 3 nitrogen and oxygen atoms in total. The molecule has 2 rings (SSSR count). The summed E-state index contributed by atoms with van der Waals surface area (Å²) in [7, 11) is 0. The number of halogens is 1. The van der Waals surface area contributed by atoms with Crippen LogP contribution in [0.25, 0.3) is 0 Å². The van der Waals surface area contributed by atoms with Gasteiger partial charge in [0.1, 0.15) is 0 Å². The van der Waals surface area contributed by atoms with Crippen LogP contribution in [0.5, 0.6) is 0 Å². The van der Waals surface area contributed by atoms with Crippen LogP contribution in [0.4, 0.5) is 0 Å². The van der Waals surface area contributed by atoms with Crippen molar-refractivity contribution in [3.63, 3.8) is 0 Å². The number of carbonyl (C=O) groups excluding carboxylic acids is 1. The molecule has 1 aromatic rings. The lowest BCUT2D eigenvalue weighted by Crippen LogP contribution is -2.51. The third-order valence-corrected chi connectivity index (χ3v) is 4.30. The second kappa shape index (κ2) is 5.93. The van der Waals surface area contributed by atoms with Gasteiger partial charge in [0.25, 0.3) is 0 Å². The van der Waals surface area contributed by atoms with Crippen molar-refractivity contribution in [2.75, 3.05) is 19.7 Å². The van der Waals surface area contributed by atoms with Crippen LogP contribution < -0.4 is 0 Å². The number of likely N-dealkylation sites (N-methyl/N-ethyl adjacent to an activating group) is 1. The number of carbonyl (C=O) groups is 1. The number of aliphatic hydroxyl groups excluding tert-OH is 1. The molecule has 0 spiro atoms. The average Bonchev–Trinajstić information content (AvgIpc) is 2.36. The second-order valence-corrected chi connectivity index (χ2v) is 5.49. The van der Waals surface area contributed by atoms with Crippen LogP contribution in [0.1, 0.15) is 31.7 Å². The van der Waals surface area contributed by atoms with Crippen LogP contribution in [0.15, 0.2) is 24.3 Å². The van der Waals surface area contributed by atoms with Crippen molar-refractivity contribution < 1.29 is 9.90 Å². The van der Waals surface area contributed by atoms with Gasteiger partial charge in [-0.3, -0.25) is 4.79 Å². The van der Waals surface area contributed by atoms with Gasteiger partial charge in [-0.05, 0) is 37.5 Å². The maximum atomic E-state index is 12.7. The lowest BCUT2D eigenvalue weighted by Gasteiger charge is -2.43. The highest BCUT2D eigenvalue weighted by Gasteiger charge is 2.47. The van der Waals surface area contributed by atoms with Gasteiger partial charge in [0.2, 0.25) is 5.91 Å². The molecule has 0 saturated heterocycles. The summed E-state index contributed by atoms with van der Waals surface area (Å²) < 4.78 is 0. The van der Waals surface area contributed by atoms with Gasteiger partial charge in [0.15, 0.2) is 0 Å². The van der Waals surface area contributed by atoms with E-state index in [4.69, 9.17) is 16.7 Å². The summed E-state index contributed by atoms with van der Waals surface area (Å²) >= 11 is 5.91. The molecular formula is C15H20ClNO2. The van der Waals surface area contributed by atoms with Crippen LogP contribution in [0.2, 0.25) is 5.02 Å². The van der Waals surface area contributed by atoms with Gasteiger partial charge >= 0.3 is 0 Å². The zero-order valence-corrected chi connectivity index (χ0v) is 12.0. The van der Waals surface area contributed by atoms with Crippen molar-refractivity contribution in [1.82, 2.24) is 4.90 Å². The van der Waals surface area contributed by atoms with Gasteiger partial charge in [-0.15, -0.1) is 0 Å². The number of hydrogen-bond acceptors (Lipinski definition) is 2. The quantitative estimate of drug-likeness (QED) is 0.901. The topological polar surface area (TPSA) is 40.5 Å². The molecule has 104 valence electrons. The fourth-order valence-corrected chi connectivity index (χ4v) is 2.88. The first-order valence-corrected chi connectivity index (χ1v) is 7.18. The molecule has 0 heterocycles. The molecule has 0 atom stereocenters. The van der Waals surface area contributed by atoms with E-state index in [1.165, 1.54) is 0 Å². The van der Waals surface area contributed by atoms with Crippen LogP contribution in [0, 0.1) is 0 Å². The maximum absolute atomic E-state index is 12.7. The SMILES string of the molecule is CCN(CCO)C(=O)C1(c2ccc(Cl)cc2)CCC1. The second-order valence-electron chi connectivity index (χ2n) is 5.05. The van der Waals surface area contributed by atoms with E-state index in [9.17, 15) is 4.79 Å². The van der Waals surface area contributed by atoms with E-state index in [1.54, 1.807) is 4.90 Å². The van der Waals surface area contributed by atoms with Crippen molar-refractivity contribution in [3.05, 3.63) is 34.9 Å². The monoisotopic (exact) mass is 281 g/mol. The highest BCUT2D eigenvalue weighted by atomic mass is 35.5. The van der Waals surface area contributed by atoms with Gasteiger partial charge < -0.3 is 10.0 Å². The van der Waals surface area contributed by atoms with Gasteiger partial charge in [-0.2, -0.15) is 0 Å². The fourth-order valence-electron chi connectivity index (χ4n) is 2.75. The molecule has 4 heteroatoms. The summed E-state index contributed by atoms with van der Waals surface area (Å²) in [5.41, 5.74) is 0.653. The molecule has 0 radical (unpaired) electrons. The lowest BCUT2D eigenvalue weighted by molar-refractivity contribution is -0.141. The molecule has 19 heavy (non-hydrogen) atoms. The molecule has 1 amide bonds. The predicted molar refractivity (Wildman–Crippen MR) is 76.3 cm³/mol. The number of benzene rings is 1. The minimum Gasteiger partial charge on any atom is -0.395 e. The van der Waals surface area contributed by atoms with Crippen LogP contribution in [-0.2, 0) is 10.2 Å². The number of nitrogens with zero attached hydrogens (tertiary/aromatic N) is 1. The van der Waals surface area contributed by atoms with Gasteiger partial charge in [-0.25, -0.2) is 0 Å². The lowest BCUT2D eigenvalue weighted by atomic mass is 9.63. The summed E-state index contributed by atoms with van der Waals surface area (Å²) in [6.45, 7) is 3.00. The molecular weight excluding hydrogens is 262 g/mol. The number of amides is 1. The smallest absolute Gasteiger partial charge is 0.233 e. The Balaban J connectivity index is 2.27. The Hall–Kier alpha value is -1.06. The minimum atomic E-state index is -0.393. The fraction of sp³-hybridized carbons (Fsp3) is 0.533. The molecule has 1 aromatic carbocycles. The van der Waals surface area contributed by atoms with Crippen molar-refractivity contribution in [1.29, 1.82) is 0 Å². The van der Waals surface area contributed by atoms with Gasteiger partial charge in [-0.1, -0.05) is 30.2 Å². The third-order valence-electron chi connectivity index (χ3n) is 4.05. The Morgan fingerprint density at radius 1 is 1.37 bits per heavy atom. The Bertz CT molecular complexity index is 440. The van der Waals surface area contributed by atoms with E-state index in [1.807, 2.05) is 31.2 Å². The summed E-state index contributed by atoms with van der Waals surface area (Å²) in [5, 5.41) is 9.76.